The Kier molecular flexibility index (Phi) is 4.64. The molecule has 2 N–H and O–H groups in total. The lowest BCUT2D eigenvalue weighted by Crippen LogP contribution is -2.10. The largest absolute Gasteiger partial charge is 0.366 e. The molecule has 1 fully saturated rings. The molecular formula is C15H18N4O3S2. The maximum atomic E-state index is 11.6. The summed E-state index contributed by atoms with van der Waals surface area (Å²) >= 11 is 1.52. The fraction of sp³-hybridized carbons (Fsp3) is 0.400. The number of nitrogens with two attached hydrogens (primary N) is 1. The number of rotatable bonds is 5. The lowest BCUT2D eigenvalue weighted by atomic mass is 10.1. The van der Waals surface area contributed by atoms with Crippen molar-refractivity contribution in [3.63, 3.8) is 0 Å². The first-order chi connectivity index (χ1) is 11.4. The number of carbonyl (C=O) groups excluding carboxylic acids is 1. The molecule has 2 aromatic rings. The Labute approximate surface area is 144 Å². The molecule has 1 aliphatic rings. The fourth-order valence-corrected chi connectivity index (χ4v) is 5.33. The van der Waals surface area contributed by atoms with E-state index in [9.17, 15) is 13.2 Å². The van der Waals surface area contributed by atoms with Gasteiger partial charge in [0.15, 0.2) is 15.0 Å². The van der Waals surface area contributed by atoms with Crippen molar-refractivity contribution in [2.45, 2.75) is 23.2 Å². The summed E-state index contributed by atoms with van der Waals surface area (Å²) < 4.78 is 25.1. The SMILES string of the molecule is Cn1c(SCc2ccc(C(N)=O)cc2)nnc1[C@@H]1CCS(=O)(=O)C1. The van der Waals surface area contributed by atoms with Gasteiger partial charge < -0.3 is 10.3 Å². The Bertz CT molecular complexity index is 859. The van der Waals surface area contributed by atoms with Gasteiger partial charge >= 0.3 is 0 Å². The Morgan fingerprint density at radius 3 is 2.62 bits per heavy atom. The highest BCUT2D eigenvalue weighted by molar-refractivity contribution is 7.98. The Balaban J connectivity index is 1.67. The van der Waals surface area contributed by atoms with Gasteiger partial charge in [-0.2, -0.15) is 0 Å². The number of benzene rings is 1. The van der Waals surface area contributed by atoms with E-state index in [-0.39, 0.29) is 17.4 Å². The number of aromatic nitrogens is 3. The summed E-state index contributed by atoms with van der Waals surface area (Å²) in [4.78, 5) is 11.1. The van der Waals surface area contributed by atoms with Gasteiger partial charge in [-0.05, 0) is 24.1 Å². The zero-order valence-corrected chi connectivity index (χ0v) is 14.8. The van der Waals surface area contributed by atoms with Crippen molar-refractivity contribution in [1.29, 1.82) is 0 Å². The van der Waals surface area contributed by atoms with Crippen LogP contribution in [0.2, 0.25) is 0 Å². The monoisotopic (exact) mass is 366 g/mol. The second kappa shape index (κ2) is 6.56. The molecule has 0 saturated carbocycles. The van der Waals surface area contributed by atoms with Crippen LogP contribution in [0.25, 0.3) is 0 Å². The maximum absolute atomic E-state index is 11.6. The standard InChI is InChI=1S/C15H18N4O3S2/c1-19-14(12-6-7-24(21,22)9-12)17-18-15(19)23-8-10-2-4-11(5-3-10)13(16)20/h2-5,12H,6-9H2,1H3,(H2,16,20)/t12-/m1/s1. The van der Waals surface area contributed by atoms with Gasteiger partial charge in [-0.1, -0.05) is 23.9 Å². The molecule has 0 spiro atoms. The number of nitrogens with zero attached hydrogens (tertiary/aromatic N) is 3. The number of hydrogen-bond donors (Lipinski definition) is 1. The highest BCUT2D eigenvalue weighted by atomic mass is 32.2. The molecule has 1 aromatic carbocycles. The molecule has 2 heterocycles. The van der Waals surface area contributed by atoms with Crippen LogP contribution in [0.4, 0.5) is 0 Å². The molecule has 3 rings (SSSR count). The third-order valence-electron chi connectivity index (χ3n) is 4.07. The first kappa shape index (κ1) is 17.0. The van der Waals surface area contributed by atoms with E-state index in [1.54, 1.807) is 12.1 Å². The quantitative estimate of drug-likeness (QED) is 0.794. The van der Waals surface area contributed by atoms with E-state index < -0.39 is 15.7 Å². The lowest BCUT2D eigenvalue weighted by molar-refractivity contribution is 0.100. The molecule has 1 amide bonds. The van der Waals surface area contributed by atoms with Gasteiger partial charge in [0, 0.05) is 24.3 Å². The summed E-state index contributed by atoms with van der Waals surface area (Å²) in [5.41, 5.74) is 6.74. The number of amides is 1. The van der Waals surface area contributed by atoms with Crippen LogP contribution < -0.4 is 5.73 Å². The van der Waals surface area contributed by atoms with Crippen LogP contribution in [0.5, 0.6) is 0 Å². The normalized spacial score (nSPS) is 19.5. The van der Waals surface area contributed by atoms with Gasteiger partial charge in [-0.15, -0.1) is 10.2 Å². The van der Waals surface area contributed by atoms with Crippen LogP contribution in [-0.4, -0.2) is 40.6 Å². The third kappa shape index (κ3) is 3.62. The van der Waals surface area contributed by atoms with Gasteiger partial charge in [0.1, 0.15) is 5.82 Å². The van der Waals surface area contributed by atoms with Crippen molar-refractivity contribution in [3.8, 4) is 0 Å². The van der Waals surface area contributed by atoms with Gasteiger partial charge in [0.2, 0.25) is 5.91 Å². The van der Waals surface area contributed by atoms with Crippen LogP contribution in [-0.2, 0) is 22.6 Å². The molecule has 0 aliphatic carbocycles. The molecule has 24 heavy (non-hydrogen) atoms. The van der Waals surface area contributed by atoms with Crippen molar-refractivity contribution in [3.05, 3.63) is 41.2 Å². The number of sulfone groups is 1. The summed E-state index contributed by atoms with van der Waals surface area (Å²) in [5, 5.41) is 9.10. The summed E-state index contributed by atoms with van der Waals surface area (Å²) in [6, 6.07) is 7.11. The molecule has 1 saturated heterocycles. The highest BCUT2D eigenvalue weighted by Gasteiger charge is 2.32. The summed E-state index contributed by atoms with van der Waals surface area (Å²) in [6.07, 6.45) is 0.605. The Morgan fingerprint density at radius 1 is 1.33 bits per heavy atom. The molecule has 0 bridgehead atoms. The Hall–Kier alpha value is -1.87. The molecule has 1 aromatic heterocycles. The number of hydrogen-bond acceptors (Lipinski definition) is 6. The lowest BCUT2D eigenvalue weighted by Gasteiger charge is -2.08. The second-order valence-electron chi connectivity index (χ2n) is 5.85. The van der Waals surface area contributed by atoms with Gasteiger partial charge in [-0.3, -0.25) is 4.79 Å². The molecule has 128 valence electrons. The molecule has 9 heteroatoms. The van der Waals surface area contributed by atoms with E-state index in [0.717, 1.165) is 16.5 Å². The first-order valence-electron chi connectivity index (χ1n) is 7.47. The van der Waals surface area contributed by atoms with Crippen LogP contribution in [0.15, 0.2) is 29.4 Å². The number of primary amides is 1. The smallest absolute Gasteiger partial charge is 0.248 e. The maximum Gasteiger partial charge on any atom is 0.248 e. The zero-order chi connectivity index (χ0) is 17.3. The summed E-state index contributed by atoms with van der Waals surface area (Å²) in [7, 11) is -1.08. The van der Waals surface area contributed by atoms with Crippen molar-refractivity contribution in [2.24, 2.45) is 12.8 Å². The minimum atomic E-state index is -2.94. The zero-order valence-electron chi connectivity index (χ0n) is 13.2. The molecule has 0 unspecified atom stereocenters. The summed E-state index contributed by atoms with van der Waals surface area (Å²) in [6.45, 7) is 0. The molecule has 1 aliphatic heterocycles. The van der Waals surface area contributed by atoms with E-state index in [1.165, 1.54) is 11.8 Å². The molecule has 0 radical (unpaired) electrons. The van der Waals surface area contributed by atoms with Crippen LogP contribution in [0, 0.1) is 0 Å². The number of thioether (sulfide) groups is 1. The molecule has 7 nitrogen and oxygen atoms in total. The number of carbonyl (C=O) groups is 1. The van der Waals surface area contributed by atoms with Crippen LogP contribution in [0.3, 0.4) is 0 Å². The minimum Gasteiger partial charge on any atom is -0.366 e. The topological polar surface area (TPSA) is 108 Å². The Morgan fingerprint density at radius 2 is 2.04 bits per heavy atom. The first-order valence-corrected chi connectivity index (χ1v) is 10.3. The van der Waals surface area contributed by atoms with Crippen molar-refractivity contribution < 1.29 is 13.2 Å². The second-order valence-corrected chi connectivity index (χ2v) is 9.02. The van der Waals surface area contributed by atoms with Crippen molar-refractivity contribution in [2.75, 3.05) is 11.5 Å². The van der Waals surface area contributed by atoms with Crippen LogP contribution in [0.1, 0.15) is 34.1 Å². The van der Waals surface area contributed by atoms with E-state index in [0.29, 0.717) is 17.7 Å². The fourth-order valence-electron chi connectivity index (χ4n) is 2.72. The van der Waals surface area contributed by atoms with E-state index in [4.69, 9.17) is 5.73 Å². The van der Waals surface area contributed by atoms with Gasteiger partial charge in [-0.25, -0.2) is 8.42 Å². The average Bonchev–Trinajstić information content (AvgIpc) is 3.08. The predicted octanol–water partition coefficient (Wildman–Crippen LogP) is 1.11. The van der Waals surface area contributed by atoms with E-state index >= 15 is 0 Å². The van der Waals surface area contributed by atoms with E-state index in [1.807, 2.05) is 23.7 Å². The van der Waals surface area contributed by atoms with Crippen molar-refractivity contribution in [1.82, 2.24) is 14.8 Å². The molecular weight excluding hydrogens is 348 g/mol. The van der Waals surface area contributed by atoms with Gasteiger partial charge in [0.05, 0.1) is 11.5 Å². The molecule has 1 atom stereocenters. The van der Waals surface area contributed by atoms with Gasteiger partial charge in [0.25, 0.3) is 0 Å². The third-order valence-corrected chi connectivity index (χ3v) is 6.93. The predicted molar refractivity (Wildman–Crippen MR) is 91.5 cm³/mol. The minimum absolute atomic E-state index is 0.0725. The highest BCUT2D eigenvalue weighted by Crippen LogP contribution is 2.30. The van der Waals surface area contributed by atoms with Crippen LogP contribution >= 0.6 is 11.8 Å². The summed E-state index contributed by atoms with van der Waals surface area (Å²) in [5.74, 6) is 1.25. The van der Waals surface area contributed by atoms with E-state index in [2.05, 4.69) is 10.2 Å². The average molecular weight is 366 g/mol. The van der Waals surface area contributed by atoms with Crippen molar-refractivity contribution >= 4 is 27.5 Å².